The maximum absolute atomic E-state index is 10.5. The quantitative estimate of drug-likeness (QED) is 0.508. The van der Waals surface area contributed by atoms with Gasteiger partial charge in [-0.3, -0.25) is 4.84 Å². The van der Waals surface area contributed by atoms with E-state index in [1.165, 1.54) is 7.05 Å². The van der Waals surface area contributed by atoms with Crippen LogP contribution in [0.2, 0.25) is 0 Å². The van der Waals surface area contributed by atoms with E-state index >= 15 is 0 Å². The molecule has 0 aliphatic carbocycles. The number of carbonyl (C=O) groups is 1. The van der Waals surface area contributed by atoms with Gasteiger partial charge in [-0.1, -0.05) is 23.4 Å². The van der Waals surface area contributed by atoms with Crippen molar-refractivity contribution >= 4 is 24.1 Å². The fourth-order valence-corrected chi connectivity index (χ4v) is 0.876. The molecule has 0 aliphatic heterocycles. The van der Waals surface area contributed by atoms with Gasteiger partial charge in [-0.25, -0.2) is 4.79 Å². The van der Waals surface area contributed by atoms with E-state index < -0.39 is 6.09 Å². The third-order valence-electron chi connectivity index (χ3n) is 1.99. The number of nitrogens with one attached hydrogen (secondary N) is 1. The van der Waals surface area contributed by atoms with E-state index in [0.29, 0.717) is 5.75 Å². The van der Waals surface area contributed by atoms with Crippen molar-refractivity contribution in [2.45, 2.75) is 18.6 Å². The fraction of sp³-hybridized carbons (Fsp3) is 0.385. The molecule has 1 amide bonds. The van der Waals surface area contributed by atoms with Gasteiger partial charge in [0.2, 0.25) is 0 Å². The van der Waals surface area contributed by atoms with Crippen molar-refractivity contribution in [3.63, 3.8) is 0 Å². The average molecular weight is 284 g/mol. The van der Waals surface area contributed by atoms with E-state index in [0.717, 1.165) is 0 Å². The van der Waals surface area contributed by atoms with E-state index in [9.17, 15) is 4.79 Å². The second kappa shape index (κ2) is 9.27. The third-order valence-corrected chi connectivity index (χ3v) is 3.14. The van der Waals surface area contributed by atoms with Crippen LogP contribution in [0.1, 0.15) is 13.8 Å². The van der Waals surface area contributed by atoms with Crippen LogP contribution in [0.5, 0.6) is 5.75 Å². The molecule has 1 aromatic rings. The minimum atomic E-state index is -0.553. The second-order valence-electron chi connectivity index (χ2n) is 4.01. The van der Waals surface area contributed by atoms with Crippen LogP contribution in [0, 0.1) is 0 Å². The maximum atomic E-state index is 10.5. The molecule has 0 aromatic heterocycles. The van der Waals surface area contributed by atoms with E-state index in [-0.39, 0.29) is 4.75 Å². The predicted molar refractivity (Wildman–Crippen MR) is 79.7 cm³/mol. The highest BCUT2D eigenvalue weighted by molar-refractivity contribution is 8.00. The third kappa shape index (κ3) is 9.96. The monoisotopic (exact) mass is 284 g/mol. The van der Waals surface area contributed by atoms with Gasteiger partial charge < -0.3 is 10.4 Å². The number of hydrogen-bond donors (Lipinski definition) is 2. The smallest absolute Gasteiger partial charge is 0.433 e. The Hall–Kier alpha value is -1.69. The molecule has 6 heteroatoms. The summed E-state index contributed by atoms with van der Waals surface area (Å²) in [6.45, 7) is 3.96. The summed E-state index contributed by atoms with van der Waals surface area (Å²) in [5.74, 6) is 0.322. The lowest BCUT2D eigenvalue weighted by molar-refractivity contribution is 0.153. The summed E-state index contributed by atoms with van der Waals surface area (Å²) in [4.78, 5) is 15.0. The first-order valence-corrected chi connectivity index (χ1v) is 6.86. The van der Waals surface area contributed by atoms with Gasteiger partial charge in [0.25, 0.3) is 0 Å². The highest BCUT2D eigenvalue weighted by Crippen LogP contribution is 2.17. The summed E-state index contributed by atoms with van der Waals surface area (Å²) in [5.41, 5.74) is 0. The van der Waals surface area contributed by atoms with Crippen LogP contribution >= 0.6 is 11.8 Å². The molecule has 106 valence electrons. The predicted octanol–water partition coefficient (Wildman–Crippen LogP) is 2.86. The molecular formula is C13H20N2O3S. The largest absolute Gasteiger partial charge is 0.508 e. The molecule has 0 atom stereocenters. The molecule has 19 heavy (non-hydrogen) atoms. The Bertz CT molecular complexity index is 394. The molecule has 0 heterocycles. The van der Waals surface area contributed by atoms with E-state index in [4.69, 9.17) is 5.11 Å². The van der Waals surface area contributed by atoms with Crippen LogP contribution in [0.3, 0.4) is 0 Å². The zero-order chi connectivity index (χ0) is 14.7. The van der Waals surface area contributed by atoms with Crippen molar-refractivity contribution in [1.29, 1.82) is 0 Å². The SMILES string of the molecule is CNC(=O)O/N=C/C(C)(C)SC.Oc1ccccc1. The Kier molecular flexibility index (Phi) is 8.44. The second-order valence-corrected chi connectivity index (χ2v) is 5.47. The first kappa shape index (κ1) is 17.3. The highest BCUT2D eigenvalue weighted by Gasteiger charge is 2.12. The summed E-state index contributed by atoms with van der Waals surface area (Å²) < 4.78 is -0.103. The maximum Gasteiger partial charge on any atom is 0.433 e. The Labute approximate surface area is 118 Å². The normalized spacial score (nSPS) is 10.5. The van der Waals surface area contributed by atoms with Crippen molar-refractivity contribution in [2.24, 2.45) is 5.16 Å². The average Bonchev–Trinajstić information content (AvgIpc) is 2.40. The Morgan fingerprint density at radius 3 is 2.37 bits per heavy atom. The molecular weight excluding hydrogens is 264 g/mol. The number of amides is 1. The van der Waals surface area contributed by atoms with Gasteiger partial charge in [0.1, 0.15) is 5.75 Å². The standard InChI is InChI=1S/C7H14N2O2S.C6H6O/c1-7(2,12-4)5-9-11-6(10)8-3;7-6-4-2-1-3-5-6/h5H,1-4H3,(H,8,10);1-5,7H/b9-5+;. The molecule has 0 unspecified atom stereocenters. The lowest BCUT2D eigenvalue weighted by Crippen LogP contribution is -2.19. The van der Waals surface area contributed by atoms with Crippen molar-refractivity contribution in [3.8, 4) is 5.75 Å². The number of rotatable bonds is 3. The molecule has 2 N–H and O–H groups in total. The number of benzene rings is 1. The van der Waals surface area contributed by atoms with E-state index in [2.05, 4.69) is 15.3 Å². The highest BCUT2D eigenvalue weighted by atomic mass is 32.2. The van der Waals surface area contributed by atoms with Crippen molar-refractivity contribution in [3.05, 3.63) is 30.3 Å². The molecule has 0 fully saturated rings. The number of nitrogens with zero attached hydrogens (tertiary/aromatic N) is 1. The van der Waals surface area contributed by atoms with Crippen molar-refractivity contribution < 1.29 is 14.7 Å². The van der Waals surface area contributed by atoms with E-state index in [1.54, 1.807) is 42.2 Å². The number of thioether (sulfide) groups is 1. The summed E-state index contributed by atoms with van der Waals surface area (Å²) in [7, 11) is 1.48. The van der Waals surface area contributed by atoms with Crippen LogP contribution in [-0.2, 0) is 4.84 Å². The molecule has 0 saturated carbocycles. The van der Waals surface area contributed by atoms with Gasteiger partial charge in [-0.05, 0) is 32.2 Å². The summed E-state index contributed by atoms with van der Waals surface area (Å²) in [6, 6.07) is 8.71. The van der Waals surface area contributed by atoms with Crippen LogP contribution in [0.25, 0.3) is 0 Å². The van der Waals surface area contributed by atoms with Crippen LogP contribution < -0.4 is 5.32 Å². The van der Waals surface area contributed by atoms with Gasteiger partial charge in [0, 0.05) is 11.8 Å². The number of carbonyl (C=O) groups excluding carboxylic acids is 1. The minimum Gasteiger partial charge on any atom is -0.508 e. The molecule has 0 aliphatic rings. The zero-order valence-electron chi connectivity index (χ0n) is 11.6. The molecule has 1 aromatic carbocycles. The molecule has 0 spiro atoms. The first-order valence-electron chi connectivity index (χ1n) is 5.63. The van der Waals surface area contributed by atoms with Crippen molar-refractivity contribution in [2.75, 3.05) is 13.3 Å². The number of para-hydroxylation sites is 1. The number of phenols is 1. The Morgan fingerprint density at radius 1 is 1.42 bits per heavy atom. The Balaban J connectivity index is 0.000000388. The van der Waals surface area contributed by atoms with E-state index in [1.807, 2.05) is 26.2 Å². The van der Waals surface area contributed by atoms with Gasteiger partial charge in [-0.15, -0.1) is 0 Å². The molecule has 0 radical (unpaired) electrons. The van der Waals surface area contributed by atoms with Crippen molar-refractivity contribution in [1.82, 2.24) is 5.32 Å². The lowest BCUT2D eigenvalue weighted by atomic mass is 10.2. The molecule has 5 nitrogen and oxygen atoms in total. The van der Waals surface area contributed by atoms with Gasteiger partial charge in [0.05, 0.1) is 6.21 Å². The lowest BCUT2D eigenvalue weighted by Gasteiger charge is -2.13. The van der Waals surface area contributed by atoms with Gasteiger partial charge >= 0.3 is 6.09 Å². The molecule has 0 saturated heterocycles. The summed E-state index contributed by atoms with van der Waals surface area (Å²) >= 11 is 1.63. The van der Waals surface area contributed by atoms with Crippen LogP contribution in [0.15, 0.2) is 35.5 Å². The summed E-state index contributed by atoms with van der Waals surface area (Å²) in [5, 5.41) is 14.4. The van der Waals surface area contributed by atoms with Crippen LogP contribution in [0.4, 0.5) is 4.79 Å². The first-order chi connectivity index (χ1) is 8.91. The molecule has 0 bridgehead atoms. The van der Waals surface area contributed by atoms with Crippen LogP contribution in [-0.4, -0.2) is 35.5 Å². The number of aromatic hydroxyl groups is 1. The fourth-order valence-electron chi connectivity index (χ4n) is 0.727. The minimum absolute atomic E-state index is 0.103. The zero-order valence-corrected chi connectivity index (χ0v) is 12.4. The summed E-state index contributed by atoms with van der Waals surface area (Å²) in [6.07, 6.45) is 3.00. The molecule has 1 rings (SSSR count). The Morgan fingerprint density at radius 2 is 2.00 bits per heavy atom. The topological polar surface area (TPSA) is 70.9 Å². The number of oxime groups is 1. The number of phenolic OH excluding ortho intramolecular Hbond substituents is 1. The van der Waals surface area contributed by atoms with Gasteiger partial charge in [-0.2, -0.15) is 11.8 Å². The van der Waals surface area contributed by atoms with Gasteiger partial charge in [0.15, 0.2) is 0 Å². The number of hydrogen-bond acceptors (Lipinski definition) is 5.